The number of carbonyl (C=O) groups excluding carboxylic acids is 2. The molecule has 0 saturated heterocycles. The first-order valence-electron chi connectivity index (χ1n) is 9.60. The Morgan fingerprint density at radius 3 is 1.50 bits per heavy atom. The van der Waals surface area contributed by atoms with E-state index in [1.165, 1.54) is 22.0 Å². The SMILES string of the molecule is NC(=O)c1ncn2c(=O)n(CCCCCCn3nnc4c(C(N)=O)ncn4c3=O)nnc12. The number of aryl methyl sites for hydroxylation is 2. The van der Waals surface area contributed by atoms with Gasteiger partial charge >= 0.3 is 11.4 Å². The van der Waals surface area contributed by atoms with Crippen LogP contribution in [-0.2, 0) is 13.1 Å². The first-order chi connectivity index (χ1) is 15.4. The van der Waals surface area contributed by atoms with Crippen molar-refractivity contribution in [2.24, 2.45) is 11.5 Å². The number of aromatic nitrogens is 10. The summed E-state index contributed by atoms with van der Waals surface area (Å²) in [6, 6.07) is 0. The van der Waals surface area contributed by atoms with E-state index in [0.29, 0.717) is 25.9 Å². The van der Waals surface area contributed by atoms with Gasteiger partial charge in [-0.1, -0.05) is 23.3 Å². The number of imidazole rings is 2. The van der Waals surface area contributed by atoms with Gasteiger partial charge in [-0.15, -0.1) is 10.2 Å². The topological polar surface area (TPSA) is 216 Å². The van der Waals surface area contributed by atoms with Crippen molar-refractivity contribution < 1.29 is 9.59 Å². The van der Waals surface area contributed by atoms with E-state index in [2.05, 4.69) is 30.6 Å². The van der Waals surface area contributed by atoms with Crippen LogP contribution in [0.4, 0.5) is 0 Å². The summed E-state index contributed by atoms with van der Waals surface area (Å²) in [6.07, 6.45) is 5.16. The molecule has 0 aromatic carbocycles. The van der Waals surface area contributed by atoms with Crippen LogP contribution in [0.25, 0.3) is 11.3 Å². The fraction of sp³-hybridized carbons (Fsp3) is 0.375. The van der Waals surface area contributed by atoms with Gasteiger partial charge in [-0.25, -0.2) is 28.4 Å². The van der Waals surface area contributed by atoms with Crippen molar-refractivity contribution in [2.45, 2.75) is 38.8 Å². The molecule has 166 valence electrons. The molecule has 0 saturated carbocycles. The highest BCUT2D eigenvalue weighted by molar-refractivity contribution is 5.97. The molecular formula is C16H18N12O4. The largest absolute Gasteiger partial charge is 0.364 e. The normalized spacial score (nSPS) is 11.4. The summed E-state index contributed by atoms with van der Waals surface area (Å²) in [5.74, 6) is -1.58. The van der Waals surface area contributed by atoms with Crippen molar-refractivity contribution in [3.05, 3.63) is 45.0 Å². The lowest BCUT2D eigenvalue weighted by molar-refractivity contribution is 0.0989. The predicted octanol–water partition coefficient (Wildman–Crippen LogP) is -2.66. The molecule has 32 heavy (non-hydrogen) atoms. The molecule has 0 radical (unpaired) electrons. The minimum absolute atomic E-state index is 0.0168. The van der Waals surface area contributed by atoms with Gasteiger partial charge in [0.25, 0.3) is 11.8 Å². The third kappa shape index (κ3) is 3.68. The predicted molar refractivity (Wildman–Crippen MR) is 106 cm³/mol. The third-order valence-corrected chi connectivity index (χ3v) is 4.79. The van der Waals surface area contributed by atoms with Gasteiger partial charge in [0.05, 0.1) is 0 Å². The number of fused-ring (bicyclic) bond motifs is 2. The van der Waals surface area contributed by atoms with E-state index in [0.717, 1.165) is 21.6 Å². The Morgan fingerprint density at radius 2 is 1.12 bits per heavy atom. The van der Waals surface area contributed by atoms with E-state index < -0.39 is 23.2 Å². The maximum absolute atomic E-state index is 12.4. The lowest BCUT2D eigenvalue weighted by Crippen LogP contribution is -2.30. The molecule has 4 N–H and O–H groups in total. The summed E-state index contributed by atoms with van der Waals surface area (Å²) in [4.78, 5) is 54.9. The average Bonchev–Trinajstić information content (AvgIpc) is 3.38. The lowest BCUT2D eigenvalue weighted by atomic mass is 10.2. The van der Waals surface area contributed by atoms with Crippen molar-refractivity contribution in [1.29, 1.82) is 0 Å². The van der Waals surface area contributed by atoms with Crippen LogP contribution in [-0.4, -0.2) is 60.6 Å². The molecule has 0 aliphatic rings. The number of carbonyl (C=O) groups is 2. The third-order valence-electron chi connectivity index (χ3n) is 4.79. The monoisotopic (exact) mass is 442 g/mol. The Balaban J connectivity index is 1.31. The minimum atomic E-state index is -0.789. The molecule has 16 heteroatoms. The second-order valence-corrected chi connectivity index (χ2v) is 6.91. The maximum Gasteiger partial charge on any atom is 0.352 e. The highest BCUT2D eigenvalue weighted by atomic mass is 16.2. The highest BCUT2D eigenvalue weighted by Gasteiger charge is 2.16. The molecule has 0 aliphatic carbocycles. The second kappa shape index (κ2) is 8.32. The van der Waals surface area contributed by atoms with E-state index in [1.807, 2.05) is 0 Å². The molecule has 4 heterocycles. The Bertz CT molecular complexity index is 1340. The summed E-state index contributed by atoms with van der Waals surface area (Å²) >= 11 is 0. The molecular weight excluding hydrogens is 424 g/mol. The van der Waals surface area contributed by atoms with Crippen molar-refractivity contribution >= 4 is 23.1 Å². The Labute approximate surface area is 177 Å². The van der Waals surface area contributed by atoms with Gasteiger partial charge < -0.3 is 11.5 Å². The minimum Gasteiger partial charge on any atom is -0.364 e. The summed E-state index contributed by atoms with van der Waals surface area (Å²) in [5.41, 5.74) is 9.24. The molecule has 4 rings (SSSR count). The first-order valence-corrected chi connectivity index (χ1v) is 9.60. The van der Waals surface area contributed by atoms with Gasteiger partial charge in [0.2, 0.25) is 0 Å². The van der Waals surface area contributed by atoms with Crippen LogP contribution in [0.1, 0.15) is 46.7 Å². The van der Waals surface area contributed by atoms with E-state index >= 15 is 0 Å². The maximum atomic E-state index is 12.4. The molecule has 2 amide bonds. The molecule has 0 aliphatic heterocycles. The Hall–Kier alpha value is -4.50. The molecule has 0 fully saturated rings. The number of hydrogen-bond donors (Lipinski definition) is 2. The van der Waals surface area contributed by atoms with Gasteiger partial charge in [0, 0.05) is 13.1 Å². The molecule has 4 aromatic heterocycles. The number of primary amides is 2. The molecule has 0 unspecified atom stereocenters. The highest BCUT2D eigenvalue weighted by Crippen LogP contribution is 2.05. The molecule has 0 bridgehead atoms. The Kier molecular flexibility index (Phi) is 5.40. The van der Waals surface area contributed by atoms with E-state index in [9.17, 15) is 19.2 Å². The van der Waals surface area contributed by atoms with Crippen LogP contribution < -0.4 is 22.8 Å². The van der Waals surface area contributed by atoms with Crippen LogP contribution in [0.3, 0.4) is 0 Å². The number of amides is 2. The Morgan fingerprint density at radius 1 is 0.719 bits per heavy atom. The summed E-state index contributed by atoms with van der Waals surface area (Å²) < 4.78 is 4.60. The standard InChI is InChI=1S/C16H18N12O4/c17-11(29)9-13-21-23-27(15(31)25(13)7-19-9)5-3-1-2-4-6-28-16(32)26-8-20-10(12(18)30)14(26)22-24-28/h7-8H,1-6H2,(H2,17,29)(H2,18,30). The fourth-order valence-electron chi connectivity index (χ4n) is 3.18. The zero-order valence-electron chi connectivity index (χ0n) is 16.7. The number of rotatable bonds is 9. The van der Waals surface area contributed by atoms with E-state index in [4.69, 9.17) is 11.5 Å². The van der Waals surface area contributed by atoms with Gasteiger partial charge in [-0.2, -0.15) is 9.36 Å². The molecule has 0 spiro atoms. The van der Waals surface area contributed by atoms with Gasteiger partial charge in [0.1, 0.15) is 12.7 Å². The zero-order valence-corrected chi connectivity index (χ0v) is 16.7. The van der Waals surface area contributed by atoms with Crippen LogP contribution in [0.15, 0.2) is 22.2 Å². The summed E-state index contributed by atoms with van der Waals surface area (Å²) in [7, 11) is 0. The van der Waals surface area contributed by atoms with E-state index in [-0.39, 0.29) is 22.7 Å². The smallest absolute Gasteiger partial charge is 0.352 e. The van der Waals surface area contributed by atoms with Crippen molar-refractivity contribution in [2.75, 3.05) is 0 Å². The molecule has 16 nitrogen and oxygen atoms in total. The summed E-state index contributed by atoms with van der Waals surface area (Å²) in [6.45, 7) is 0.644. The molecule has 0 atom stereocenters. The van der Waals surface area contributed by atoms with Crippen LogP contribution in [0.2, 0.25) is 0 Å². The average molecular weight is 442 g/mol. The zero-order chi connectivity index (χ0) is 22.8. The number of hydrogen-bond acceptors (Lipinski definition) is 10. The van der Waals surface area contributed by atoms with Crippen LogP contribution in [0, 0.1) is 0 Å². The van der Waals surface area contributed by atoms with Crippen molar-refractivity contribution in [3.8, 4) is 0 Å². The number of nitrogens with two attached hydrogens (primary N) is 2. The lowest BCUT2D eigenvalue weighted by Gasteiger charge is -2.05. The fourth-order valence-corrected chi connectivity index (χ4v) is 3.18. The molecule has 4 aromatic rings. The van der Waals surface area contributed by atoms with Gasteiger partial charge in [-0.3, -0.25) is 9.59 Å². The van der Waals surface area contributed by atoms with Gasteiger partial charge in [-0.05, 0) is 12.8 Å². The van der Waals surface area contributed by atoms with Crippen LogP contribution in [0.5, 0.6) is 0 Å². The number of nitrogens with zero attached hydrogens (tertiary/aromatic N) is 10. The van der Waals surface area contributed by atoms with Crippen LogP contribution >= 0.6 is 0 Å². The van der Waals surface area contributed by atoms with Gasteiger partial charge in [0.15, 0.2) is 22.7 Å². The quantitative estimate of drug-likeness (QED) is 0.256. The first kappa shape index (κ1) is 20.8. The summed E-state index contributed by atoms with van der Waals surface area (Å²) in [5, 5.41) is 15.3. The second-order valence-electron chi connectivity index (χ2n) is 6.91. The van der Waals surface area contributed by atoms with Crippen molar-refractivity contribution in [3.63, 3.8) is 0 Å². The van der Waals surface area contributed by atoms with E-state index in [1.54, 1.807) is 0 Å². The van der Waals surface area contributed by atoms with Crippen molar-refractivity contribution in [1.82, 2.24) is 48.8 Å². The number of unbranched alkanes of at least 4 members (excludes halogenated alkanes) is 3.